The summed E-state index contributed by atoms with van der Waals surface area (Å²) in [5.74, 6) is -1.00. The summed E-state index contributed by atoms with van der Waals surface area (Å²) < 4.78 is 21.4. The van der Waals surface area contributed by atoms with Crippen LogP contribution in [0.4, 0.5) is 11.6 Å². The van der Waals surface area contributed by atoms with Gasteiger partial charge in [0.05, 0.1) is 43.5 Å². The molecular formula is C23H19NO7. The zero-order valence-corrected chi connectivity index (χ0v) is 17.1. The maximum atomic E-state index is 13.3. The van der Waals surface area contributed by atoms with Crippen LogP contribution in [0.5, 0.6) is 5.75 Å². The zero-order chi connectivity index (χ0) is 22.1. The van der Waals surface area contributed by atoms with Crippen LogP contribution in [0.3, 0.4) is 0 Å². The first-order valence-corrected chi connectivity index (χ1v) is 9.37. The van der Waals surface area contributed by atoms with E-state index in [1.165, 1.54) is 32.3 Å². The summed E-state index contributed by atoms with van der Waals surface area (Å²) in [6.07, 6.45) is 1.33. The Morgan fingerprint density at radius 3 is 2.39 bits per heavy atom. The molecule has 0 N–H and O–H groups in total. The summed E-state index contributed by atoms with van der Waals surface area (Å²) >= 11 is 0. The highest BCUT2D eigenvalue weighted by atomic mass is 16.5. The van der Waals surface area contributed by atoms with Gasteiger partial charge < -0.3 is 18.6 Å². The van der Waals surface area contributed by atoms with Crippen LogP contribution in [0, 0.1) is 0 Å². The van der Waals surface area contributed by atoms with Gasteiger partial charge in [-0.2, -0.15) is 0 Å². The number of carbonyl (C=O) groups excluding carboxylic acids is 2. The summed E-state index contributed by atoms with van der Waals surface area (Å²) in [6, 6.07) is 12.4. The molecule has 1 atom stereocenters. The number of benzene rings is 2. The molecular weight excluding hydrogens is 402 g/mol. The minimum Gasteiger partial charge on any atom is -0.495 e. The van der Waals surface area contributed by atoms with Crippen LogP contribution in [-0.2, 0) is 19.1 Å². The fourth-order valence-corrected chi connectivity index (χ4v) is 3.65. The van der Waals surface area contributed by atoms with Crippen molar-refractivity contribution in [3.05, 3.63) is 69.9 Å². The van der Waals surface area contributed by atoms with E-state index in [1.54, 1.807) is 48.5 Å². The molecule has 0 aliphatic carbocycles. The molecule has 8 nitrogen and oxygen atoms in total. The Morgan fingerprint density at radius 1 is 0.968 bits per heavy atom. The van der Waals surface area contributed by atoms with Crippen molar-refractivity contribution in [2.24, 2.45) is 0 Å². The van der Waals surface area contributed by atoms with Gasteiger partial charge in [0.1, 0.15) is 11.3 Å². The van der Waals surface area contributed by atoms with Crippen LogP contribution in [-0.4, -0.2) is 39.3 Å². The fraction of sp³-hybridized carbons (Fsp3) is 0.174. The molecule has 1 aliphatic rings. The van der Waals surface area contributed by atoms with Crippen molar-refractivity contribution in [1.29, 1.82) is 0 Å². The Morgan fingerprint density at radius 2 is 1.68 bits per heavy atom. The number of carbonyl (C=O) groups is 2. The van der Waals surface area contributed by atoms with Crippen LogP contribution in [0.2, 0.25) is 0 Å². The Kier molecular flexibility index (Phi) is 5.21. The lowest BCUT2D eigenvalue weighted by Gasteiger charge is -2.35. The van der Waals surface area contributed by atoms with E-state index in [1.807, 2.05) is 0 Å². The van der Waals surface area contributed by atoms with E-state index >= 15 is 0 Å². The number of methoxy groups -OCH3 is 3. The number of esters is 2. The van der Waals surface area contributed by atoms with E-state index in [-0.39, 0.29) is 22.4 Å². The summed E-state index contributed by atoms with van der Waals surface area (Å²) in [4.78, 5) is 40.2. The van der Waals surface area contributed by atoms with Crippen molar-refractivity contribution in [3.63, 3.8) is 0 Å². The molecule has 0 fully saturated rings. The molecule has 0 saturated carbocycles. The number of ether oxygens (including phenoxy) is 3. The van der Waals surface area contributed by atoms with Crippen LogP contribution in [0.15, 0.2) is 63.3 Å². The van der Waals surface area contributed by atoms with E-state index < -0.39 is 18.0 Å². The Labute approximate surface area is 177 Å². The van der Waals surface area contributed by atoms with Crippen molar-refractivity contribution in [2.45, 2.75) is 6.04 Å². The fourth-order valence-electron chi connectivity index (χ4n) is 3.65. The van der Waals surface area contributed by atoms with Crippen molar-refractivity contribution in [1.82, 2.24) is 0 Å². The van der Waals surface area contributed by atoms with Crippen molar-refractivity contribution >= 4 is 40.6 Å². The highest BCUT2D eigenvalue weighted by Gasteiger charge is 2.43. The number of para-hydroxylation sites is 3. The zero-order valence-electron chi connectivity index (χ0n) is 17.1. The van der Waals surface area contributed by atoms with Gasteiger partial charge in [0.15, 0.2) is 6.04 Å². The predicted octanol–water partition coefficient (Wildman–Crippen LogP) is 3.05. The van der Waals surface area contributed by atoms with E-state index in [4.69, 9.17) is 18.6 Å². The van der Waals surface area contributed by atoms with Gasteiger partial charge in [0, 0.05) is 0 Å². The summed E-state index contributed by atoms with van der Waals surface area (Å²) in [6.45, 7) is 0. The molecule has 0 amide bonds. The van der Waals surface area contributed by atoms with Gasteiger partial charge in [0.2, 0.25) is 11.3 Å². The SMILES string of the molecule is COC(=O)C1=Cc2c(oc3ccccc3c2=O)N(c2ccccc2OC)C1C(=O)OC. The molecule has 2 heterocycles. The van der Waals surface area contributed by atoms with Crippen molar-refractivity contribution in [3.8, 4) is 5.75 Å². The van der Waals surface area contributed by atoms with E-state index in [0.29, 0.717) is 22.4 Å². The van der Waals surface area contributed by atoms with E-state index in [9.17, 15) is 14.4 Å². The second-order valence-corrected chi connectivity index (χ2v) is 6.70. The smallest absolute Gasteiger partial charge is 0.336 e. The molecule has 0 radical (unpaired) electrons. The summed E-state index contributed by atoms with van der Waals surface area (Å²) in [5, 5.41) is 0.346. The highest BCUT2D eigenvalue weighted by Crippen LogP contribution is 2.43. The van der Waals surface area contributed by atoms with Gasteiger partial charge in [-0.3, -0.25) is 9.69 Å². The number of hydrogen-bond acceptors (Lipinski definition) is 8. The molecule has 0 saturated heterocycles. The second-order valence-electron chi connectivity index (χ2n) is 6.70. The third-order valence-electron chi connectivity index (χ3n) is 5.08. The number of anilines is 2. The molecule has 4 rings (SSSR count). The highest BCUT2D eigenvalue weighted by molar-refractivity contribution is 6.07. The molecule has 2 aromatic carbocycles. The summed E-state index contributed by atoms with van der Waals surface area (Å²) in [5.41, 5.74) is 0.459. The number of hydrogen-bond donors (Lipinski definition) is 0. The minimum absolute atomic E-state index is 0.0599. The van der Waals surface area contributed by atoms with Gasteiger partial charge >= 0.3 is 11.9 Å². The number of nitrogens with zero attached hydrogens (tertiary/aromatic N) is 1. The number of rotatable bonds is 4. The molecule has 0 bridgehead atoms. The molecule has 0 spiro atoms. The van der Waals surface area contributed by atoms with Crippen LogP contribution in [0.1, 0.15) is 5.56 Å². The van der Waals surface area contributed by atoms with Crippen LogP contribution in [0.25, 0.3) is 17.0 Å². The summed E-state index contributed by atoms with van der Waals surface area (Å²) in [7, 11) is 3.89. The second kappa shape index (κ2) is 7.98. The van der Waals surface area contributed by atoms with Crippen LogP contribution >= 0.6 is 0 Å². The quantitative estimate of drug-likeness (QED) is 0.593. The third-order valence-corrected chi connectivity index (χ3v) is 5.08. The standard InChI is InChI=1S/C23H19NO7/c1-28-18-11-7-5-9-16(18)24-19(23(27)30-3)14(22(26)29-2)12-15-20(25)13-8-4-6-10-17(13)31-21(15)24/h4-12,19H,1-3H3. The number of fused-ring (bicyclic) bond motifs is 2. The molecule has 3 aromatic rings. The largest absolute Gasteiger partial charge is 0.495 e. The monoisotopic (exact) mass is 421 g/mol. The lowest BCUT2D eigenvalue weighted by atomic mass is 9.95. The molecule has 158 valence electrons. The normalized spacial score (nSPS) is 15.1. The van der Waals surface area contributed by atoms with Gasteiger partial charge in [-0.05, 0) is 30.3 Å². The molecule has 31 heavy (non-hydrogen) atoms. The van der Waals surface area contributed by atoms with Crippen molar-refractivity contribution in [2.75, 3.05) is 26.2 Å². The maximum Gasteiger partial charge on any atom is 0.336 e. The van der Waals surface area contributed by atoms with Gasteiger partial charge in [-0.1, -0.05) is 24.3 Å². The average Bonchev–Trinajstić information content (AvgIpc) is 2.82. The molecule has 1 aromatic heterocycles. The first kappa shape index (κ1) is 20.2. The van der Waals surface area contributed by atoms with E-state index in [0.717, 1.165) is 0 Å². The Balaban J connectivity index is 2.12. The lowest BCUT2D eigenvalue weighted by Crippen LogP contribution is -2.45. The molecule has 8 heteroatoms. The first-order chi connectivity index (χ1) is 15.0. The van der Waals surface area contributed by atoms with Crippen molar-refractivity contribution < 1.29 is 28.2 Å². The minimum atomic E-state index is -1.26. The molecule has 1 aliphatic heterocycles. The van der Waals surface area contributed by atoms with E-state index in [2.05, 4.69) is 0 Å². The van der Waals surface area contributed by atoms with Gasteiger partial charge in [0.25, 0.3) is 0 Å². The average molecular weight is 421 g/mol. The first-order valence-electron chi connectivity index (χ1n) is 9.37. The van der Waals surface area contributed by atoms with Crippen LogP contribution < -0.4 is 15.1 Å². The van der Waals surface area contributed by atoms with Gasteiger partial charge in [-0.15, -0.1) is 0 Å². The molecule has 1 unspecified atom stereocenters. The topological polar surface area (TPSA) is 95.3 Å². The Hall–Kier alpha value is -4.07. The van der Waals surface area contributed by atoms with Gasteiger partial charge in [-0.25, -0.2) is 9.59 Å². The maximum absolute atomic E-state index is 13.3. The third kappa shape index (κ3) is 3.22. The Bertz CT molecular complexity index is 1270. The predicted molar refractivity (Wildman–Crippen MR) is 113 cm³/mol. The lowest BCUT2D eigenvalue weighted by molar-refractivity contribution is -0.144.